The first-order chi connectivity index (χ1) is 9.06. The first kappa shape index (κ1) is 13.8. The molecule has 1 saturated heterocycles. The second kappa shape index (κ2) is 6.01. The number of pyridine rings is 1. The summed E-state index contributed by atoms with van der Waals surface area (Å²) in [5.74, 6) is -0.455. The zero-order chi connectivity index (χ0) is 13.8. The van der Waals surface area contributed by atoms with Crippen LogP contribution in [0.3, 0.4) is 0 Å². The van der Waals surface area contributed by atoms with Crippen molar-refractivity contribution in [3.63, 3.8) is 0 Å². The number of aromatic nitrogens is 1. The van der Waals surface area contributed by atoms with Crippen LogP contribution in [0.25, 0.3) is 0 Å². The molecule has 102 valence electrons. The van der Waals surface area contributed by atoms with Crippen LogP contribution in [0.5, 0.6) is 0 Å². The summed E-state index contributed by atoms with van der Waals surface area (Å²) in [6.07, 6.45) is 2.00. The number of carbonyl (C=O) groups is 2. The topological polar surface area (TPSA) is 82.5 Å². The number of halogens is 1. The van der Waals surface area contributed by atoms with Crippen LogP contribution in [0, 0.1) is 5.92 Å². The van der Waals surface area contributed by atoms with E-state index >= 15 is 0 Å². The number of piperidine rings is 1. The van der Waals surface area contributed by atoms with Crippen molar-refractivity contribution in [3.05, 3.63) is 22.9 Å². The molecule has 1 aliphatic rings. The number of amides is 2. The lowest BCUT2D eigenvalue weighted by Crippen LogP contribution is -2.43. The minimum absolute atomic E-state index is 0.157. The SMILES string of the molecule is O=C(Nc1ccc(Br)nc1)[C@H]1CCCN(C(=O)O)C1. The van der Waals surface area contributed by atoms with Crippen LogP contribution in [0.1, 0.15) is 12.8 Å². The highest BCUT2D eigenvalue weighted by Gasteiger charge is 2.28. The molecule has 6 nitrogen and oxygen atoms in total. The number of hydrogen-bond acceptors (Lipinski definition) is 3. The Kier molecular flexibility index (Phi) is 4.36. The van der Waals surface area contributed by atoms with Crippen LogP contribution in [-0.4, -0.2) is 40.1 Å². The van der Waals surface area contributed by atoms with Crippen LogP contribution >= 0.6 is 15.9 Å². The van der Waals surface area contributed by atoms with Crippen molar-refractivity contribution in [2.24, 2.45) is 5.92 Å². The highest BCUT2D eigenvalue weighted by molar-refractivity contribution is 9.10. The van der Waals surface area contributed by atoms with Crippen molar-refractivity contribution in [1.82, 2.24) is 9.88 Å². The maximum absolute atomic E-state index is 12.1. The summed E-state index contributed by atoms with van der Waals surface area (Å²) in [6, 6.07) is 3.48. The number of likely N-dealkylation sites (tertiary alicyclic amines) is 1. The second-order valence-corrected chi connectivity index (χ2v) is 5.24. The first-order valence-electron chi connectivity index (χ1n) is 5.96. The highest BCUT2D eigenvalue weighted by atomic mass is 79.9. The van der Waals surface area contributed by atoms with Crippen molar-refractivity contribution in [2.45, 2.75) is 12.8 Å². The molecule has 2 rings (SSSR count). The van der Waals surface area contributed by atoms with E-state index in [-0.39, 0.29) is 18.4 Å². The number of nitrogens with zero attached hydrogens (tertiary/aromatic N) is 2. The Bertz CT molecular complexity index is 478. The van der Waals surface area contributed by atoms with E-state index in [1.54, 1.807) is 18.3 Å². The van der Waals surface area contributed by atoms with E-state index in [0.29, 0.717) is 29.7 Å². The van der Waals surface area contributed by atoms with Gasteiger partial charge in [0.1, 0.15) is 4.60 Å². The molecule has 0 aliphatic carbocycles. The average Bonchev–Trinajstić information content (AvgIpc) is 2.41. The zero-order valence-corrected chi connectivity index (χ0v) is 11.8. The summed E-state index contributed by atoms with van der Waals surface area (Å²) < 4.78 is 0.695. The molecule has 1 aromatic rings. The van der Waals surface area contributed by atoms with Crippen LogP contribution in [0.2, 0.25) is 0 Å². The third kappa shape index (κ3) is 3.66. The predicted octanol–water partition coefficient (Wildman–Crippen LogP) is 2.17. The number of rotatable bonds is 2. The van der Waals surface area contributed by atoms with Crippen molar-refractivity contribution in [1.29, 1.82) is 0 Å². The predicted molar refractivity (Wildman–Crippen MR) is 72.9 cm³/mol. The van der Waals surface area contributed by atoms with E-state index in [9.17, 15) is 9.59 Å². The Morgan fingerprint density at radius 1 is 1.47 bits per heavy atom. The Balaban J connectivity index is 1.96. The van der Waals surface area contributed by atoms with E-state index in [2.05, 4.69) is 26.2 Å². The van der Waals surface area contributed by atoms with Gasteiger partial charge in [-0.05, 0) is 40.9 Å². The fourth-order valence-corrected chi connectivity index (χ4v) is 2.29. The normalized spacial score (nSPS) is 19.0. The molecular formula is C12H14BrN3O3. The van der Waals surface area contributed by atoms with Gasteiger partial charge in [-0.15, -0.1) is 0 Å². The number of carboxylic acid groups (broad SMARTS) is 1. The van der Waals surface area contributed by atoms with Crippen molar-refractivity contribution in [2.75, 3.05) is 18.4 Å². The second-order valence-electron chi connectivity index (χ2n) is 4.43. The van der Waals surface area contributed by atoms with Gasteiger partial charge in [0.2, 0.25) is 5.91 Å². The van der Waals surface area contributed by atoms with Crippen LogP contribution < -0.4 is 5.32 Å². The third-order valence-corrected chi connectivity index (χ3v) is 3.53. The molecular weight excluding hydrogens is 314 g/mol. The van der Waals surface area contributed by atoms with Gasteiger partial charge in [0.15, 0.2) is 0 Å². The molecule has 1 fully saturated rings. The molecule has 0 saturated carbocycles. The summed E-state index contributed by atoms with van der Waals surface area (Å²) in [5, 5.41) is 11.7. The van der Waals surface area contributed by atoms with Crippen LogP contribution in [0.4, 0.5) is 10.5 Å². The Labute approximate surface area is 118 Å². The highest BCUT2D eigenvalue weighted by Crippen LogP contribution is 2.19. The largest absolute Gasteiger partial charge is 0.465 e. The number of nitrogens with one attached hydrogen (secondary N) is 1. The molecule has 2 N–H and O–H groups in total. The van der Waals surface area contributed by atoms with Crippen molar-refractivity contribution >= 4 is 33.6 Å². The molecule has 7 heteroatoms. The van der Waals surface area contributed by atoms with Gasteiger partial charge < -0.3 is 15.3 Å². The van der Waals surface area contributed by atoms with E-state index in [0.717, 1.165) is 0 Å². The van der Waals surface area contributed by atoms with E-state index in [1.165, 1.54) is 4.90 Å². The van der Waals surface area contributed by atoms with Crippen molar-refractivity contribution in [3.8, 4) is 0 Å². The molecule has 0 unspecified atom stereocenters. The Hall–Kier alpha value is -1.63. The minimum atomic E-state index is -0.970. The first-order valence-corrected chi connectivity index (χ1v) is 6.76. The zero-order valence-electron chi connectivity index (χ0n) is 10.2. The maximum Gasteiger partial charge on any atom is 0.407 e. The third-order valence-electron chi connectivity index (χ3n) is 3.06. The molecule has 2 amide bonds. The summed E-state index contributed by atoms with van der Waals surface area (Å²) >= 11 is 3.22. The van der Waals surface area contributed by atoms with Gasteiger partial charge in [0.25, 0.3) is 0 Å². The number of anilines is 1. The van der Waals surface area contributed by atoms with E-state index in [4.69, 9.17) is 5.11 Å². The summed E-state index contributed by atoms with van der Waals surface area (Å²) in [5.41, 5.74) is 0.612. The molecule has 0 spiro atoms. The van der Waals surface area contributed by atoms with Gasteiger partial charge in [-0.1, -0.05) is 0 Å². The van der Waals surface area contributed by atoms with Gasteiger partial charge in [0, 0.05) is 13.1 Å². The smallest absolute Gasteiger partial charge is 0.407 e. The van der Waals surface area contributed by atoms with Gasteiger partial charge in [-0.2, -0.15) is 0 Å². The monoisotopic (exact) mass is 327 g/mol. The average molecular weight is 328 g/mol. The van der Waals surface area contributed by atoms with Gasteiger partial charge in [-0.3, -0.25) is 4.79 Å². The lowest BCUT2D eigenvalue weighted by molar-refractivity contribution is -0.121. The maximum atomic E-state index is 12.1. The summed E-state index contributed by atoms with van der Waals surface area (Å²) in [6.45, 7) is 0.754. The minimum Gasteiger partial charge on any atom is -0.465 e. The molecule has 0 radical (unpaired) electrons. The van der Waals surface area contributed by atoms with Crippen molar-refractivity contribution < 1.29 is 14.7 Å². The van der Waals surface area contributed by atoms with E-state index in [1.807, 2.05) is 0 Å². The quantitative estimate of drug-likeness (QED) is 0.815. The fraction of sp³-hybridized carbons (Fsp3) is 0.417. The van der Waals surface area contributed by atoms with Crippen LogP contribution in [-0.2, 0) is 4.79 Å². The molecule has 0 aromatic carbocycles. The molecule has 0 bridgehead atoms. The number of hydrogen-bond donors (Lipinski definition) is 2. The van der Waals surface area contributed by atoms with Gasteiger partial charge in [-0.25, -0.2) is 9.78 Å². The summed E-state index contributed by atoms with van der Waals surface area (Å²) in [7, 11) is 0. The molecule has 1 aromatic heterocycles. The lowest BCUT2D eigenvalue weighted by Gasteiger charge is -2.29. The molecule has 1 atom stereocenters. The van der Waals surface area contributed by atoms with E-state index < -0.39 is 6.09 Å². The fourth-order valence-electron chi connectivity index (χ4n) is 2.06. The van der Waals surface area contributed by atoms with Crippen LogP contribution in [0.15, 0.2) is 22.9 Å². The molecule has 2 heterocycles. The summed E-state index contributed by atoms with van der Waals surface area (Å²) in [4.78, 5) is 28.3. The lowest BCUT2D eigenvalue weighted by atomic mass is 9.97. The van der Waals surface area contributed by atoms with Gasteiger partial charge >= 0.3 is 6.09 Å². The number of carbonyl (C=O) groups excluding carboxylic acids is 1. The molecule has 1 aliphatic heterocycles. The Morgan fingerprint density at radius 3 is 2.89 bits per heavy atom. The van der Waals surface area contributed by atoms with Gasteiger partial charge in [0.05, 0.1) is 17.8 Å². The molecule has 19 heavy (non-hydrogen) atoms. The Morgan fingerprint density at radius 2 is 2.26 bits per heavy atom. The standard InChI is InChI=1S/C12H14BrN3O3/c13-10-4-3-9(6-14-10)15-11(17)8-2-1-5-16(7-8)12(18)19/h3-4,6,8H,1-2,5,7H2,(H,15,17)(H,18,19)/t8-/m0/s1.